The van der Waals surface area contributed by atoms with E-state index in [-0.39, 0.29) is 0 Å². The summed E-state index contributed by atoms with van der Waals surface area (Å²) in [5, 5.41) is 10.3. The molecule has 0 aromatic heterocycles. The molecule has 1 unspecified atom stereocenters. The normalized spacial score (nSPS) is 19.8. The molecule has 1 fully saturated rings. The van der Waals surface area contributed by atoms with Crippen LogP contribution < -0.4 is 5.32 Å². The highest BCUT2D eigenvalue weighted by atomic mass is 19.4. The molecule has 1 heterocycles. The first-order valence-corrected chi connectivity index (χ1v) is 7.16. The molecular formula is C16H15F6NO3. The standard InChI is InChI=1S/C14H14F3NO.C2HF3O2/c1-19-13(8-9-18-10-13)7-6-11-2-4-12(5-3-11)14(15,16)17;3-2(4,5)1(6)7/h2-5,18H,8-10H2,1H3;(H,6,7). The van der Waals surface area contributed by atoms with Crippen molar-refractivity contribution in [2.24, 2.45) is 0 Å². The summed E-state index contributed by atoms with van der Waals surface area (Å²) < 4.78 is 74.3. The van der Waals surface area contributed by atoms with E-state index in [1.165, 1.54) is 12.1 Å². The Kier molecular flexibility index (Phi) is 7.06. The molecule has 2 N–H and O–H groups in total. The summed E-state index contributed by atoms with van der Waals surface area (Å²) in [6, 6.07) is 4.83. The average Bonchev–Trinajstić information content (AvgIpc) is 3.02. The molecule has 0 amide bonds. The third-order valence-electron chi connectivity index (χ3n) is 3.40. The highest BCUT2D eigenvalue weighted by Crippen LogP contribution is 2.29. The van der Waals surface area contributed by atoms with Crippen molar-refractivity contribution < 1.29 is 41.0 Å². The first-order valence-electron chi connectivity index (χ1n) is 7.16. The molecule has 1 aliphatic rings. The molecule has 4 nitrogen and oxygen atoms in total. The number of ether oxygens (including phenoxy) is 1. The zero-order valence-corrected chi connectivity index (χ0v) is 13.5. The number of nitrogens with one attached hydrogen (secondary N) is 1. The molecule has 1 aromatic carbocycles. The second-order valence-electron chi connectivity index (χ2n) is 5.25. The smallest absolute Gasteiger partial charge is 0.475 e. The van der Waals surface area contributed by atoms with Crippen molar-refractivity contribution in [3.63, 3.8) is 0 Å². The molecule has 0 saturated carbocycles. The summed E-state index contributed by atoms with van der Waals surface area (Å²) in [5.74, 6) is 3.12. The minimum Gasteiger partial charge on any atom is -0.475 e. The first-order chi connectivity index (χ1) is 11.9. The molecular weight excluding hydrogens is 368 g/mol. The lowest BCUT2D eigenvalue weighted by atomic mass is 10.0. The number of hydrogen-bond acceptors (Lipinski definition) is 3. The van der Waals surface area contributed by atoms with Gasteiger partial charge in [-0.25, -0.2) is 4.79 Å². The Morgan fingerprint density at radius 2 is 1.73 bits per heavy atom. The molecule has 0 aliphatic carbocycles. The number of benzene rings is 1. The zero-order valence-electron chi connectivity index (χ0n) is 13.5. The Balaban J connectivity index is 0.000000412. The van der Waals surface area contributed by atoms with Gasteiger partial charge in [-0.3, -0.25) is 0 Å². The molecule has 26 heavy (non-hydrogen) atoms. The molecule has 1 aromatic rings. The predicted octanol–water partition coefficient (Wildman–Crippen LogP) is 3.07. The van der Waals surface area contributed by atoms with Gasteiger partial charge in [0, 0.05) is 25.6 Å². The topological polar surface area (TPSA) is 58.6 Å². The van der Waals surface area contributed by atoms with Gasteiger partial charge in [-0.15, -0.1) is 0 Å². The number of hydrogen-bond donors (Lipinski definition) is 2. The van der Waals surface area contributed by atoms with E-state index < -0.39 is 29.5 Å². The van der Waals surface area contributed by atoms with E-state index in [0.717, 1.165) is 25.1 Å². The van der Waals surface area contributed by atoms with Crippen LogP contribution in [0.25, 0.3) is 0 Å². The highest BCUT2D eigenvalue weighted by Gasteiger charge is 2.38. The summed E-state index contributed by atoms with van der Waals surface area (Å²) >= 11 is 0. The van der Waals surface area contributed by atoms with Gasteiger partial charge in [0.05, 0.1) is 5.56 Å². The number of carboxylic acids is 1. The minimum atomic E-state index is -5.08. The van der Waals surface area contributed by atoms with Crippen molar-refractivity contribution in [2.75, 3.05) is 20.2 Å². The van der Waals surface area contributed by atoms with Gasteiger partial charge in [0.1, 0.15) is 5.60 Å². The summed E-state index contributed by atoms with van der Waals surface area (Å²) in [5.41, 5.74) is -0.638. The number of rotatable bonds is 1. The van der Waals surface area contributed by atoms with Gasteiger partial charge in [0.2, 0.25) is 0 Å². The van der Waals surface area contributed by atoms with Crippen molar-refractivity contribution in [1.29, 1.82) is 0 Å². The average molecular weight is 383 g/mol. The Morgan fingerprint density at radius 3 is 2.08 bits per heavy atom. The van der Waals surface area contributed by atoms with E-state index in [1.807, 2.05) is 0 Å². The minimum absolute atomic E-state index is 0.525. The second kappa shape index (κ2) is 8.42. The first kappa shape index (κ1) is 21.8. The third kappa shape index (κ3) is 6.57. The quantitative estimate of drug-likeness (QED) is 0.578. The molecule has 144 valence electrons. The van der Waals surface area contributed by atoms with Crippen LogP contribution in [0.1, 0.15) is 17.5 Å². The second-order valence-corrected chi connectivity index (χ2v) is 5.25. The lowest BCUT2D eigenvalue weighted by Gasteiger charge is -2.19. The summed E-state index contributed by atoms with van der Waals surface area (Å²) in [6.07, 6.45) is -8.62. The molecule has 1 saturated heterocycles. The third-order valence-corrected chi connectivity index (χ3v) is 3.40. The predicted molar refractivity (Wildman–Crippen MR) is 79.2 cm³/mol. The Morgan fingerprint density at radius 1 is 1.19 bits per heavy atom. The molecule has 0 bridgehead atoms. The lowest BCUT2D eigenvalue weighted by molar-refractivity contribution is -0.192. The van der Waals surface area contributed by atoms with Crippen molar-refractivity contribution in [1.82, 2.24) is 5.32 Å². The Hall–Kier alpha value is -2.25. The van der Waals surface area contributed by atoms with Crippen LogP contribution in [0.15, 0.2) is 24.3 Å². The number of halogens is 6. The van der Waals surface area contributed by atoms with Crippen LogP contribution in [-0.2, 0) is 15.7 Å². The number of aliphatic carboxylic acids is 1. The number of methoxy groups -OCH3 is 1. The van der Waals surface area contributed by atoms with Crippen LogP contribution in [0, 0.1) is 11.8 Å². The molecule has 0 spiro atoms. The molecule has 2 rings (SSSR count). The number of carboxylic acid groups (broad SMARTS) is 1. The van der Waals surface area contributed by atoms with Crippen LogP contribution in [0.2, 0.25) is 0 Å². The fourth-order valence-electron chi connectivity index (χ4n) is 1.93. The lowest BCUT2D eigenvalue weighted by Crippen LogP contribution is -2.31. The van der Waals surface area contributed by atoms with Crippen molar-refractivity contribution in [3.05, 3.63) is 35.4 Å². The molecule has 1 atom stereocenters. The maximum Gasteiger partial charge on any atom is 0.490 e. The van der Waals surface area contributed by atoms with Gasteiger partial charge < -0.3 is 15.2 Å². The van der Waals surface area contributed by atoms with Crippen molar-refractivity contribution in [3.8, 4) is 11.8 Å². The van der Waals surface area contributed by atoms with Crippen LogP contribution in [0.3, 0.4) is 0 Å². The van der Waals surface area contributed by atoms with E-state index in [2.05, 4.69) is 17.2 Å². The number of carbonyl (C=O) groups is 1. The van der Waals surface area contributed by atoms with E-state index in [1.54, 1.807) is 7.11 Å². The van der Waals surface area contributed by atoms with Gasteiger partial charge >= 0.3 is 18.3 Å². The molecule has 10 heteroatoms. The van der Waals surface area contributed by atoms with Gasteiger partial charge in [0.25, 0.3) is 0 Å². The Labute approximate surface area is 145 Å². The van der Waals surface area contributed by atoms with Gasteiger partial charge in [0.15, 0.2) is 0 Å². The van der Waals surface area contributed by atoms with Crippen LogP contribution in [0.4, 0.5) is 26.3 Å². The van der Waals surface area contributed by atoms with Crippen LogP contribution in [-0.4, -0.2) is 43.1 Å². The maximum absolute atomic E-state index is 12.4. The maximum atomic E-state index is 12.4. The van der Waals surface area contributed by atoms with Crippen molar-refractivity contribution in [2.45, 2.75) is 24.4 Å². The SMILES string of the molecule is COC1(C#Cc2ccc(C(F)(F)F)cc2)CCNC1.O=C(O)C(F)(F)F. The summed E-state index contributed by atoms with van der Waals surface area (Å²) in [6.45, 7) is 1.46. The van der Waals surface area contributed by atoms with Crippen molar-refractivity contribution >= 4 is 5.97 Å². The number of alkyl halides is 6. The summed E-state index contributed by atoms with van der Waals surface area (Å²) in [7, 11) is 1.59. The highest BCUT2D eigenvalue weighted by molar-refractivity contribution is 5.73. The van der Waals surface area contributed by atoms with Gasteiger partial charge in [-0.05, 0) is 30.8 Å². The van der Waals surface area contributed by atoms with Crippen LogP contribution in [0.5, 0.6) is 0 Å². The van der Waals surface area contributed by atoms with Gasteiger partial charge in [-0.1, -0.05) is 11.8 Å². The fraction of sp³-hybridized carbons (Fsp3) is 0.438. The van der Waals surface area contributed by atoms with E-state index in [4.69, 9.17) is 14.6 Å². The van der Waals surface area contributed by atoms with Crippen LogP contribution >= 0.6 is 0 Å². The van der Waals surface area contributed by atoms with E-state index in [0.29, 0.717) is 12.1 Å². The molecule has 0 radical (unpaired) electrons. The fourth-order valence-corrected chi connectivity index (χ4v) is 1.93. The monoisotopic (exact) mass is 383 g/mol. The Bertz CT molecular complexity index is 664. The van der Waals surface area contributed by atoms with Gasteiger partial charge in [-0.2, -0.15) is 26.3 Å². The van der Waals surface area contributed by atoms with E-state index in [9.17, 15) is 26.3 Å². The van der Waals surface area contributed by atoms with E-state index >= 15 is 0 Å². The zero-order chi connectivity index (χ0) is 20.0. The largest absolute Gasteiger partial charge is 0.490 e. The summed E-state index contributed by atoms with van der Waals surface area (Å²) in [4.78, 5) is 8.90. The molecule has 1 aliphatic heterocycles.